The van der Waals surface area contributed by atoms with Crippen LogP contribution in [0, 0.1) is 0 Å². The van der Waals surface area contributed by atoms with E-state index in [4.69, 9.17) is 11.6 Å². The van der Waals surface area contributed by atoms with Crippen LogP contribution in [0.4, 0.5) is 5.69 Å². The SMILES string of the molecule is CN(CCC(=O)Nc1ccccc1Cl)C(CCO)c1ccccc1. The van der Waals surface area contributed by atoms with E-state index in [2.05, 4.69) is 10.2 Å². The Morgan fingerprint density at radius 1 is 1.17 bits per heavy atom. The number of halogens is 1. The van der Waals surface area contributed by atoms with Crippen LogP contribution < -0.4 is 5.32 Å². The number of nitrogens with zero attached hydrogens (tertiary/aromatic N) is 1. The second-order valence-corrected chi connectivity index (χ2v) is 6.10. The minimum Gasteiger partial charge on any atom is -0.396 e. The van der Waals surface area contributed by atoms with E-state index in [0.29, 0.717) is 30.1 Å². The van der Waals surface area contributed by atoms with Gasteiger partial charge in [-0.2, -0.15) is 0 Å². The number of hydrogen-bond acceptors (Lipinski definition) is 3. The number of amides is 1. The summed E-state index contributed by atoms with van der Waals surface area (Å²) in [5, 5.41) is 12.7. The van der Waals surface area contributed by atoms with Crippen LogP contribution in [-0.2, 0) is 4.79 Å². The first-order chi connectivity index (χ1) is 11.6. The first kappa shape index (κ1) is 18.5. The van der Waals surface area contributed by atoms with Gasteiger partial charge in [0.25, 0.3) is 0 Å². The van der Waals surface area contributed by atoms with Crippen LogP contribution >= 0.6 is 11.6 Å². The van der Waals surface area contributed by atoms with Crippen molar-refractivity contribution in [3.63, 3.8) is 0 Å². The number of rotatable bonds is 8. The molecule has 0 spiro atoms. The monoisotopic (exact) mass is 346 g/mol. The van der Waals surface area contributed by atoms with Crippen molar-refractivity contribution in [2.24, 2.45) is 0 Å². The van der Waals surface area contributed by atoms with E-state index in [1.165, 1.54) is 0 Å². The largest absolute Gasteiger partial charge is 0.396 e. The molecule has 1 atom stereocenters. The van der Waals surface area contributed by atoms with E-state index in [9.17, 15) is 9.90 Å². The fraction of sp³-hybridized carbons (Fsp3) is 0.316. The van der Waals surface area contributed by atoms with Crippen molar-refractivity contribution in [3.8, 4) is 0 Å². The molecule has 0 aliphatic heterocycles. The van der Waals surface area contributed by atoms with Gasteiger partial charge in [0.15, 0.2) is 0 Å². The van der Waals surface area contributed by atoms with Gasteiger partial charge in [0.2, 0.25) is 5.91 Å². The van der Waals surface area contributed by atoms with Crippen molar-refractivity contribution >= 4 is 23.2 Å². The van der Waals surface area contributed by atoms with E-state index in [0.717, 1.165) is 5.56 Å². The number of aliphatic hydroxyl groups excluding tert-OH is 1. The van der Waals surface area contributed by atoms with Gasteiger partial charge in [-0.3, -0.25) is 9.69 Å². The number of hydrogen-bond donors (Lipinski definition) is 2. The molecule has 2 aromatic carbocycles. The van der Waals surface area contributed by atoms with Gasteiger partial charge in [0.05, 0.1) is 10.7 Å². The Bertz CT molecular complexity index is 649. The van der Waals surface area contributed by atoms with Gasteiger partial charge in [0, 0.05) is 25.6 Å². The van der Waals surface area contributed by atoms with Crippen molar-refractivity contribution < 1.29 is 9.90 Å². The molecule has 0 aliphatic carbocycles. The Labute approximate surface area is 148 Å². The van der Waals surface area contributed by atoms with Crippen LogP contribution in [0.25, 0.3) is 0 Å². The average molecular weight is 347 g/mol. The van der Waals surface area contributed by atoms with Crippen molar-refractivity contribution in [3.05, 3.63) is 65.2 Å². The van der Waals surface area contributed by atoms with Crippen LogP contribution in [0.3, 0.4) is 0 Å². The predicted molar refractivity (Wildman–Crippen MR) is 98.2 cm³/mol. The number of benzene rings is 2. The molecule has 1 unspecified atom stereocenters. The molecule has 2 aromatic rings. The number of anilines is 1. The predicted octanol–water partition coefficient (Wildman–Crippen LogP) is 3.72. The summed E-state index contributed by atoms with van der Waals surface area (Å²) in [6.07, 6.45) is 0.989. The summed E-state index contributed by atoms with van der Waals surface area (Å²) in [6.45, 7) is 0.700. The Balaban J connectivity index is 1.91. The third-order valence-electron chi connectivity index (χ3n) is 3.96. The highest BCUT2D eigenvalue weighted by Gasteiger charge is 2.17. The molecular weight excluding hydrogens is 324 g/mol. The van der Waals surface area contributed by atoms with E-state index < -0.39 is 0 Å². The third-order valence-corrected chi connectivity index (χ3v) is 4.29. The number of carbonyl (C=O) groups excluding carboxylic acids is 1. The molecule has 1 amide bonds. The summed E-state index contributed by atoms with van der Waals surface area (Å²) >= 11 is 6.05. The maximum Gasteiger partial charge on any atom is 0.225 e. The fourth-order valence-corrected chi connectivity index (χ4v) is 2.83. The maximum atomic E-state index is 12.1. The van der Waals surface area contributed by atoms with E-state index in [1.807, 2.05) is 49.5 Å². The number of carbonyl (C=O) groups is 1. The number of para-hydroxylation sites is 1. The summed E-state index contributed by atoms with van der Waals surface area (Å²) in [5.74, 6) is -0.0780. The molecule has 4 nitrogen and oxygen atoms in total. The van der Waals surface area contributed by atoms with Crippen molar-refractivity contribution in [2.45, 2.75) is 18.9 Å². The third kappa shape index (κ3) is 5.34. The molecule has 0 radical (unpaired) electrons. The second kappa shape index (κ2) is 9.42. The van der Waals surface area contributed by atoms with Crippen LogP contribution in [0.1, 0.15) is 24.4 Å². The van der Waals surface area contributed by atoms with E-state index >= 15 is 0 Å². The minimum absolute atomic E-state index is 0.0780. The van der Waals surface area contributed by atoms with Gasteiger partial charge in [-0.25, -0.2) is 0 Å². The van der Waals surface area contributed by atoms with Gasteiger partial charge in [-0.05, 0) is 31.2 Å². The van der Waals surface area contributed by atoms with Gasteiger partial charge in [0.1, 0.15) is 0 Å². The number of nitrogens with one attached hydrogen (secondary N) is 1. The van der Waals surface area contributed by atoms with E-state index in [1.54, 1.807) is 12.1 Å². The smallest absolute Gasteiger partial charge is 0.225 e. The molecule has 24 heavy (non-hydrogen) atoms. The molecule has 0 aliphatic rings. The van der Waals surface area contributed by atoms with Crippen molar-refractivity contribution in [1.29, 1.82) is 0 Å². The first-order valence-corrected chi connectivity index (χ1v) is 8.40. The highest BCUT2D eigenvalue weighted by molar-refractivity contribution is 6.33. The molecule has 5 heteroatoms. The Kier molecular flexibility index (Phi) is 7.25. The van der Waals surface area contributed by atoms with Gasteiger partial charge in [-0.1, -0.05) is 54.1 Å². The lowest BCUT2D eigenvalue weighted by Crippen LogP contribution is -2.29. The molecule has 0 fully saturated rings. The van der Waals surface area contributed by atoms with Crippen molar-refractivity contribution in [2.75, 3.05) is 25.5 Å². The first-order valence-electron chi connectivity index (χ1n) is 8.02. The van der Waals surface area contributed by atoms with Crippen LogP contribution in [-0.4, -0.2) is 36.1 Å². The summed E-state index contributed by atoms with van der Waals surface area (Å²) in [7, 11) is 1.97. The lowest BCUT2D eigenvalue weighted by Gasteiger charge is -2.28. The Hall–Kier alpha value is -1.88. The molecule has 2 rings (SSSR count). The highest BCUT2D eigenvalue weighted by atomic mass is 35.5. The topological polar surface area (TPSA) is 52.6 Å². The second-order valence-electron chi connectivity index (χ2n) is 5.70. The van der Waals surface area contributed by atoms with E-state index in [-0.39, 0.29) is 18.6 Å². The Morgan fingerprint density at radius 3 is 2.50 bits per heavy atom. The van der Waals surface area contributed by atoms with Crippen LogP contribution in [0.15, 0.2) is 54.6 Å². The Morgan fingerprint density at radius 2 is 1.83 bits per heavy atom. The van der Waals surface area contributed by atoms with Gasteiger partial charge < -0.3 is 10.4 Å². The molecule has 0 aromatic heterocycles. The standard InChI is InChI=1S/C19H23ClN2O2/c1-22(18(12-14-23)15-7-3-2-4-8-15)13-11-19(24)21-17-10-6-5-9-16(17)20/h2-10,18,23H,11-14H2,1H3,(H,21,24). The zero-order chi connectivity index (χ0) is 17.4. The van der Waals surface area contributed by atoms with Crippen molar-refractivity contribution in [1.82, 2.24) is 4.90 Å². The summed E-state index contributed by atoms with van der Waals surface area (Å²) < 4.78 is 0. The lowest BCUT2D eigenvalue weighted by molar-refractivity contribution is -0.116. The molecular formula is C19H23ClN2O2. The van der Waals surface area contributed by atoms with Gasteiger partial charge in [-0.15, -0.1) is 0 Å². The normalized spacial score (nSPS) is 12.2. The van der Waals surface area contributed by atoms with Crippen LogP contribution in [0.2, 0.25) is 5.02 Å². The molecule has 0 saturated heterocycles. The zero-order valence-corrected chi connectivity index (χ0v) is 14.5. The molecule has 0 heterocycles. The zero-order valence-electron chi connectivity index (χ0n) is 13.8. The summed E-state index contributed by atoms with van der Waals surface area (Å²) in [6, 6.07) is 17.3. The summed E-state index contributed by atoms with van der Waals surface area (Å²) in [5.41, 5.74) is 1.77. The molecule has 0 saturated carbocycles. The van der Waals surface area contributed by atoms with Crippen LogP contribution in [0.5, 0.6) is 0 Å². The fourth-order valence-electron chi connectivity index (χ4n) is 2.65. The minimum atomic E-state index is -0.0780. The van der Waals surface area contributed by atoms with Gasteiger partial charge >= 0.3 is 0 Å². The molecule has 0 bridgehead atoms. The summed E-state index contributed by atoms with van der Waals surface area (Å²) in [4.78, 5) is 14.2. The average Bonchev–Trinajstić information content (AvgIpc) is 2.60. The molecule has 128 valence electrons. The molecule has 2 N–H and O–H groups in total. The maximum absolute atomic E-state index is 12.1. The quantitative estimate of drug-likeness (QED) is 0.765. The number of aliphatic hydroxyl groups is 1. The lowest BCUT2D eigenvalue weighted by atomic mass is 10.0. The highest BCUT2D eigenvalue weighted by Crippen LogP contribution is 2.23.